The van der Waals surface area contributed by atoms with Gasteiger partial charge in [0.2, 0.25) is 5.91 Å². The first-order valence-corrected chi connectivity index (χ1v) is 6.98. The van der Waals surface area contributed by atoms with Crippen LogP contribution in [0.5, 0.6) is 5.75 Å². The van der Waals surface area contributed by atoms with Crippen molar-refractivity contribution in [2.75, 3.05) is 24.6 Å². The molecule has 0 bridgehead atoms. The van der Waals surface area contributed by atoms with Crippen LogP contribution in [0.1, 0.15) is 13.3 Å². The molecule has 0 spiro atoms. The molecule has 2 rings (SSSR count). The number of para-hydroxylation sites is 2. The predicted octanol–water partition coefficient (Wildman–Crippen LogP) is 0.639. The van der Waals surface area contributed by atoms with Crippen molar-refractivity contribution in [3.8, 4) is 5.75 Å². The van der Waals surface area contributed by atoms with Gasteiger partial charge in [-0.15, -0.1) is 0 Å². The second kappa shape index (κ2) is 6.93. The maximum atomic E-state index is 12.0. The number of ether oxygens (including phenoxy) is 1. The van der Waals surface area contributed by atoms with E-state index in [1.807, 2.05) is 0 Å². The van der Waals surface area contributed by atoms with Gasteiger partial charge in [-0.2, -0.15) is 0 Å². The second-order valence-electron chi connectivity index (χ2n) is 5.24. The van der Waals surface area contributed by atoms with Gasteiger partial charge in [0.25, 0.3) is 5.91 Å². The fourth-order valence-corrected chi connectivity index (χ4v) is 2.19. The molecule has 1 aromatic carbocycles. The van der Waals surface area contributed by atoms with Crippen molar-refractivity contribution < 1.29 is 24.2 Å². The molecule has 1 aliphatic heterocycles. The quantitative estimate of drug-likeness (QED) is 0.804. The molecular formula is C15H18N2O5. The Labute approximate surface area is 127 Å². The molecule has 2 amide bonds. The third-order valence-corrected chi connectivity index (χ3v) is 3.28. The van der Waals surface area contributed by atoms with E-state index in [2.05, 4.69) is 5.32 Å². The lowest BCUT2D eigenvalue weighted by atomic mass is 10.1. The first-order chi connectivity index (χ1) is 10.5. The topological polar surface area (TPSA) is 95.9 Å². The molecule has 2 N–H and O–H groups in total. The second-order valence-corrected chi connectivity index (χ2v) is 5.24. The third-order valence-electron chi connectivity index (χ3n) is 3.28. The van der Waals surface area contributed by atoms with Crippen LogP contribution in [0.4, 0.5) is 5.69 Å². The summed E-state index contributed by atoms with van der Waals surface area (Å²) in [5, 5.41) is 11.3. The van der Waals surface area contributed by atoms with Crippen molar-refractivity contribution in [1.82, 2.24) is 5.32 Å². The summed E-state index contributed by atoms with van der Waals surface area (Å²) >= 11 is 0. The van der Waals surface area contributed by atoms with Crippen LogP contribution in [0, 0.1) is 5.92 Å². The van der Waals surface area contributed by atoms with Crippen LogP contribution in [0.3, 0.4) is 0 Å². The van der Waals surface area contributed by atoms with Crippen molar-refractivity contribution in [1.29, 1.82) is 0 Å². The molecule has 0 aromatic heterocycles. The van der Waals surface area contributed by atoms with E-state index < -0.39 is 5.97 Å². The first-order valence-electron chi connectivity index (χ1n) is 6.98. The van der Waals surface area contributed by atoms with Crippen molar-refractivity contribution in [3.63, 3.8) is 0 Å². The summed E-state index contributed by atoms with van der Waals surface area (Å²) in [4.78, 5) is 35.8. The van der Waals surface area contributed by atoms with E-state index in [0.717, 1.165) is 0 Å². The summed E-state index contributed by atoms with van der Waals surface area (Å²) in [6.45, 7) is 1.79. The molecule has 0 saturated heterocycles. The Morgan fingerprint density at radius 3 is 2.86 bits per heavy atom. The van der Waals surface area contributed by atoms with Gasteiger partial charge in [-0.1, -0.05) is 19.1 Å². The monoisotopic (exact) mass is 306 g/mol. The van der Waals surface area contributed by atoms with Gasteiger partial charge < -0.3 is 15.2 Å². The van der Waals surface area contributed by atoms with Gasteiger partial charge in [0.1, 0.15) is 12.3 Å². The van der Waals surface area contributed by atoms with E-state index in [9.17, 15) is 14.4 Å². The van der Waals surface area contributed by atoms with Crippen molar-refractivity contribution in [2.45, 2.75) is 13.3 Å². The lowest BCUT2D eigenvalue weighted by Crippen LogP contribution is -2.45. The van der Waals surface area contributed by atoms with Crippen LogP contribution in [-0.2, 0) is 14.4 Å². The molecule has 7 heteroatoms. The fourth-order valence-electron chi connectivity index (χ4n) is 2.19. The molecule has 0 saturated carbocycles. The van der Waals surface area contributed by atoms with Gasteiger partial charge >= 0.3 is 5.97 Å². The molecule has 0 radical (unpaired) electrons. The number of aliphatic carboxylic acids is 1. The number of carboxylic acids is 1. The summed E-state index contributed by atoms with van der Waals surface area (Å²) in [5.41, 5.74) is 0.562. The van der Waals surface area contributed by atoms with E-state index in [1.54, 1.807) is 31.2 Å². The molecule has 1 heterocycles. The zero-order valence-electron chi connectivity index (χ0n) is 12.2. The number of carboxylic acid groups (broad SMARTS) is 1. The Morgan fingerprint density at radius 1 is 1.41 bits per heavy atom. The normalized spacial score (nSPS) is 14.8. The molecule has 1 aromatic rings. The largest absolute Gasteiger partial charge is 0.482 e. The number of benzene rings is 1. The fraction of sp³-hybridized carbons (Fsp3) is 0.400. The average Bonchev–Trinajstić information content (AvgIpc) is 2.47. The zero-order valence-corrected chi connectivity index (χ0v) is 12.2. The van der Waals surface area contributed by atoms with Crippen LogP contribution in [0.25, 0.3) is 0 Å². The molecule has 7 nitrogen and oxygen atoms in total. The van der Waals surface area contributed by atoms with Gasteiger partial charge in [0.05, 0.1) is 5.69 Å². The lowest BCUT2D eigenvalue weighted by molar-refractivity contribution is -0.138. The minimum atomic E-state index is -0.904. The summed E-state index contributed by atoms with van der Waals surface area (Å²) in [7, 11) is 0. The smallest absolute Gasteiger partial charge is 0.303 e. The number of amides is 2. The van der Waals surface area contributed by atoms with Crippen molar-refractivity contribution in [2.24, 2.45) is 5.92 Å². The maximum Gasteiger partial charge on any atom is 0.303 e. The number of anilines is 1. The molecule has 1 aliphatic rings. The number of nitrogens with one attached hydrogen (secondary N) is 1. The summed E-state index contributed by atoms with van der Waals surface area (Å²) in [5.74, 6) is -1.13. The maximum absolute atomic E-state index is 12.0. The van der Waals surface area contributed by atoms with E-state index in [-0.39, 0.29) is 43.8 Å². The Hall–Kier alpha value is -2.57. The summed E-state index contributed by atoms with van der Waals surface area (Å²) in [6, 6.07) is 7.01. The molecule has 0 aliphatic carbocycles. The molecule has 1 unspecified atom stereocenters. The Kier molecular flexibility index (Phi) is 4.98. The Bertz CT molecular complexity index is 587. The van der Waals surface area contributed by atoms with E-state index in [1.165, 1.54) is 4.90 Å². The summed E-state index contributed by atoms with van der Waals surface area (Å²) in [6.07, 6.45) is -0.0143. The number of carbonyl (C=O) groups is 3. The predicted molar refractivity (Wildman–Crippen MR) is 78.7 cm³/mol. The van der Waals surface area contributed by atoms with Crippen molar-refractivity contribution in [3.05, 3.63) is 24.3 Å². The van der Waals surface area contributed by atoms with Crippen LogP contribution < -0.4 is 15.0 Å². The van der Waals surface area contributed by atoms with Crippen LogP contribution >= 0.6 is 0 Å². The number of nitrogens with zero attached hydrogens (tertiary/aromatic N) is 1. The highest BCUT2D eigenvalue weighted by molar-refractivity contribution is 6.02. The van der Waals surface area contributed by atoms with Gasteiger partial charge in [-0.3, -0.25) is 19.3 Å². The zero-order chi connectivity index (χ0) is 16.1. The Balaban J connectivity index is 1.94. The van der Waals surface area contributed by atoms with E-state index in [4.69, 9.17) is 9.84 Å². The highest BCUT2D eigenvalue weighted by atomic mass is 16.5. The third kappa shape index (κ3) is 3.97. The van der Waals surface area contributed by atoms with E-state index in [0.29, 0.717) is 11.4 Å². The Morgan fingerprint density at radius 2 is 2.14 bits per heavy atom. The lowest BCUT2D eigenvalue weighted by Gasteiger charge is -2.28. The van der Waals surface area contributed by atoms with Gasteiger partial charge in [0, 0.05) is 13.0 Å². The van der Waals surface area contributed by atoms with Gasteiger partial charge in [-0.25, -0.2) is 0 Å². The SMILES string of the molecule is CC(CNC(=O)CN1C(=O)COc2ccccc21)CC(=O)O. The first kappa shape index (κ1) is 15.8. The van der Waals surface area contributed by atoms with Gasteiger partial charge in [-0.05, 0) is 18.1 Å². The van der Waals surface area contributed by atoms with Crippen LogP contribution in [-0.4, -0.2) is 42.6 Å². The minimum absolute atomic E-state index is 0.0143. The van der Waals surface area contributed by atoms with Crippen molar-refractivity contribution >= 4 is 23.5 Å². The molecule has 22 heavy (non-hydrogen) atoms. The number of hydrogen-bond acceptors (Lipinski definition) is 4. The minimum Gasteiger partial charge on any atom is -0.482 e. The average molecular weight is 306 g/mol. The molecule has 0 fully saturated rings. The number of rotatable bonds is 6. The van der Waals surface area contributed by atoms with E-state index >= 15 is 0 Å². The standard InChI is InChI=1S/C15H18N2O5/c1-10(6-15(20)21)7-16-13(18)8-17-11-4-2-3-5-12(11)22-9-14(17)19/h2-5,10H,6-9H2,1H3,(H,16,18)(H,20,21). The van der Waals surface area contributed by atoms with Crippen LogP contribution in [0.15, 0.2) is 24.3 Å². The van der Waals surface area contributed by atoms with Crippen LogP contribution in [0.2, 0.25) is 0 Å². The molecular weight excluding hydrogens is 288 g/mol. The van der Waals surface area contributed by atoms with Gasteiger partial charge in [0.15, 0.2) is 6.61 Å². The number of hydrogen-bond donors (Lipinski definition) is 2. The summed E-state index contributed by atoms with van der Waals surface area (Å²) < 4.78 is 5.30. The highest BCUT2D eigenvalue weighted by Gasteiger charge is 2.26. The number of carbonyl (C=O) groups excluding carboxylic acids is 2. The highest BCUT2D eigenvalue weighted by Crippen LogP contribution is 2.31. The molecule has 118 valence electrons. The number of fused-ring (bicyclic) bond motifs is 1. The molecule has 1 atom stereocenters.